The molecule has 7 aromatic rings. The number of benzene rings is 7. The maximum Gasteiger partial charge on any atom is 0.247 e. The summed E-state index contributed by atoms with van der Waals surface area (Å²) < 4.78 is 0. The van der Waals surface area contributed by atoms with Crippen LogP contribution in [-0.2, 0) is 16.2 Å². The van der Waals surface area contributed by atoms with Crippen LogP contribution in [0.1, 0.15) is 106 Å². The topological polar surface area (TPSA) is 9.72 Å². The fourth-order valence-corrected chi connectivity index (χ4v) is 11.3. The number of anilines is 8. The highest BCUT2D eigenvalue weighted by Gasteiger charge is 2.47. The molecule has 0 spiro atoms. The zero-order valence-corrected chi connectivity index (χ0v) is 43.4. The number of fused-ring (bicyclic) bond motifs is 2. The molecule has 1 aliphatic carbocycles. The van der Waals surface area contributed by atoms with Gasteiger partial charge in [0, 0.05) is 51.2 Å². The van der Waals surface area contributed by atoms with Crippen LogP contribution >= 0.6 is 0 Å². The van der Waals surface area contributed by atoms with Crippen molar-refractivity contribution in [3.63, 3.8) is 0 Å². The molecular weight excluding hydrogens is 846 g/mol. The van der Waals surface area contributed by atoms with E-state index in [4.69, 9.17) is 0 Å². The van der Waals surface area contributed by atoms with E-state index in [0.29, 0.717) is 5.92 Å². The molecule has 0 radical (unpaired) electrons. The van der Waals surface area contributed by atoms with Gasteiger partial charge in [-0.05, 0) is 152 Å². The molecule has 3 aliphatic rings. The van der Waals surface area contributed by atoms with Crippen molar-refractivity contribution in [3.05, 3.63) is 216 Å². The number of allylic oxidation sites excluding steroid dienone is 6. The van der Waals surface area contributed by atoms with Gasteiger partial charge in [-0.25, -0.2) is 0 Å². The number of nitrogens with zero attached hydrogens (tertiary/aromatic N) is 3. The minimum absolute atomic E-state index is 0.0373. The van der Waals surface area contributed by atoms with Crippen molar-refractivity contribution in [1.82, 2.24) is 0 Å². The number of para-hydroxylation sites is 1. The zero-order chi connectivity index (χ0) is 49.1. The summed E-state index contributed by atoms with van der Waals surface area (Å²) in [6.45, 7) is 25.4. The summed E-state index contributed by atoms with van der Waals surface area (Å²) in [5.74, 6) is 0.601. The van der Waals surface area contributed by atoms with Gasteiger partial charge in [-0.1, -0.05) is 197 Å². The first-order valence-corrected chi connectivity index (χ1v) is 25.8. The van der Waals surface area contributed by atoms with Crippen LogP contribution in [0.3, 0.4) is 0 Å². The summed E-state index contributed by atoms with van der Waals surface area (Å²) in [6.07, 6.45) is 11.5. The Bertz CT molecular complexity index is 3060. The van der Waals surface area contributed by atoms with Gasteiger partial charge >= 0.3 is 0 Å². The highest BCUT2D eigenvalue weighted by molar-refractivity contribution is 6.95. The fourth-order valence-electron chi connectivity index (χ4n) is 11.3. The smallest absolute Gasteiger partial charge is 0.247 e. The maximum absolute atomic E-state index is 2.63. The largest absolute Gasteiger partial charge is 0.315 e. The lowest BCUT2D eigenvalue weighted by atomic mass is 9.30. The molecule has 352 valence electrons. The third-order valence-corrected chi connectivity index (χ3v) is 15.2. The van der Waals surface area contributed by atoms with Crippen LogP contribution in [0.25, 0.3) is 11.1 Å². The van der Waals surface area contributed by atoms with Gasteiger partial charge in [0.25, 0.3) is 0 Å². The monoisotopic (exact) mass is 916 g/mol. The Kier molecular flexibility index (Phi) is 12.2. The second-order valence-electron chi connectivity index (χ2n) is 22.8. The van der Waals surface area contributed by atoms with Gasteiger partial charge in [0.05, 0.1) is 0 Å². The summed E-state index contributed by atoms with van der Waals surface area (Å²) in [7, 11) is 0. The van der Waals surface area contributed by atoms with Gasteiger partial charge in [-0.2, -0.15) is 0 Å². The molecule has 7 aromatic carbocycles. The SMILES string of the molecule is CCC1=C(C2C=CC=CC2CC)B2c3ccc(N(c4ccc(C(C)(C)C)cc4)c4ccc(C(C)(C)C)cc4)cc3N(c3ccccc3)c3cccc(c32)N1c1cccc(-c2ccc(C(C)(C)C)cc2)c1. The predicted molar refractivity (Wildman–Crippen MR) is 304 cm³/mol. The standard InChI is InChI=1S/C66H70BN3/c1-12-45-21-17-18-26-56(45)62-58(13-2)70(54-25-19-22-47(43-54)46-29-31-48(32-30-46)64(3,4)5)60-28-20-27-59-63(60)67(62)57-42-41-55(44-61(57)69(59)51-23-15-14-16-24-51)68(52-37-33-49(34-38-52)65(6,7)8)53-39-35-50(36-40-53)66(9,10)11/h14-45,56H,12-13H2,1-11H3. The molecule has 3 nitrogen and oxygen atoms in total. The average molecular weight is 916 g/mol. The second-order valence-corrected chi connectivity index (χ2v) is 22.8. The highest BCUT2D eigenvalue weighted by atomic mass is 15.2. The van der Waals surface area contributed by atoms with Gasteiger partial charge in [-0.15, -0.1) is 0 Å². The average Bonchev–Trinajstić information content (AvgIpc) is 3.36. The Labute approximate surface area is 420 Å². The van der Waals surface area contributed by atoms with E-state index in [9.17, 15) is 0 Å². The first kappa shape index (κ1) is 46.9. The van der Waals surface area contributed by atoms with Gasteiger partial charge in [0.2, 0.25) is 6.71 Å². The predicted octanol–water partition coefficient (Wildman–Crippen LogP) is 17.2. The van der Waals surface area contributed by atoms with Crippen molar-refractivity contribution < 1.29 is 0 Å². The van der Waals surface area contributed by atoms with E-state index in [2.05, 4.69) is 279 Å². The molecule has 0 amide bonds. The van der Waals surface area contributed by atoms with Crippen LogP contribution < -0.4 is 25.6 Å². The lowest BCUT2D eigenvalue weighted by Gasteiger charge is -2.47. The van der Waals surface area contributed by atoms with E-state index in [0.717, 1.165) is 35.6 Å². The Morgan fingerprint density at radius 3 is 1.57 bits per heavy atom. The molecule has 0 saturated carbocycles. The summed E-state index contributed by atoms with van der Waals surface area (Å²) in [5, 5.41) is 0. The Hall–Kier alpha value is -6.78. The molecule has 0 fully saturated rings. The third kappa shape index (κ3) is 8.54. The molecule has 0 aromatic heterocycles. The van der Waals surface area contributed by atoms with Crippen LogP contribution in [-0.4, -0.2) is 6.71 Å². The quantitative estimate of drug-likeness (QED) is 0.134. The zero-order valence-electron chi connectivity index (χ0n) is 43.4. The van der Waals surface area contributed by atoms with E-state index >= 15 is 0 Å². The molecule has 10 rings (SSSR count). The summed E-state index contributed by atoms with van der Waals surface area (Å²) in [4.78, 5) is 7.63. The van der Waals surface area contributed by atoms with Crippen molar-refractivity contribution in [2.75, 3.05) is 14.7 Å². The van der Waals surface area contributed by atoms with Gasteiger partial charge in [-0.3, -0.25) is 0 Å². The molecule has 0 saturated heterocycles. The Balaban J connectivity index is 1.21. The van der Waals surface area contributed by atoms with Gasteiger partial charge < -0.3 is 14.7 Å². The van der Waals surface area contributed by atoms with Crippen LogP contribution in [0.15, 0.2) is 199 Å². The van der Waals surface area contributed by atoms with E-state index in [-0.39, 0.29) is 28.9 Å². The van der Waals surface area contributed by atoms with Crippen molar-refractivity contribution in [3.8, 4) is 11.1 Å². The van der Waals surface area contributed by atoms with Crippen molar-refractivity contribution in [2.24, 2.45) is 11.8 Å². The molecular formula is C66H70BN3. The first-order chi connectivity index (χ1) is 33.5. The number of rotatable bonds is 9. The van der Waals surface area contributed by atoms with Crippen molar-refractivity contribution in [2.45, 2.75) is 105 Å². The first-order valence-electron chi connectivity index (χ1n) is 25.8. The second kappa shape index (κ2) is 18.2. The van der Waals surface area contributed by atoms with Gasteiger partial charge in [0.1, 0.15) is 0 Å². The molecule has 2 aliphatic heterocycles. The fraction of sp³-hybridized carbons (Fsp3) is 0.273. The Morgan fingerprint density at radius 1 is 0.471 bits per heavy atom. The lowest BCUT2D eigenvalue weighted by Crippen LogP contribution is -2.57. The van der Waals surface area contributed by atoms with E-state index < -0.39 is 0 Å². The number of hydrogen-bond acceptors (Lipinski definition) is 3. The molecule has 2 unspecified atom stereocenters. The van der Waals surface area contributed by atoms with Crippen LogP contribution in [0.5, 0.6) is 0 Å². The highest BCUT2D eigenvalue weighted by Crippen LogP contribution is 2.50. The minimum atomic E-state index is 0.0373. The summed E-state index contributed by atoms with van der Waals surface area (Å²) in [5.41, 5.74) is 21.7. The van der Waals surface area contributed by atoms with Crippen LogP contribution in [0.2, 0.25) is 0 Å². The van der Waals surface area contributed by atoms with E-state index in [1.165, 1.54) is 72.7 Å². The van der Waals surface area contributed by atoms with Gasteiger partial charge in [0.15, 0.2) is 0 Å². The van der Waals surface area contributed by atoms with E-state index in [1.54, 1.807) is 0 Å². The van der Waals surface area contributed by atoms with E-state index in [1.807, 2.05) is 0 Å². The molecule has 70 heavy (non-hydrogen) atoms. The molecule has 0 N–H and O–H groups in total. The summed E-state index contributed by atoms with van der Waals surface area (Å²) >= 11 is 0. The van der Waals surface area contributed by atoms with Crippen molar-refractivity contribution >= 4 is 63.1 Å². The van der Waals surface area contributed by atoms with Crippen LogP contribution in [0, 0.1) is 11.8 Å². The minimum Gasteiger partial charge on any atom is -0.315 e. The number of hydrogen-bond donors (Lipinski definition) is 0. The lowest BCUT2D eigenvalue weighted by molar-refractivity contribution is 0.520. The van der Waals surface area contributed by atoms with Crippen molar-refractivity contribution in [1.29, 1.82) is 0 Å². The molecule has 4 heteroatoms. The maximum atomic E-state index is 2.63. The normalized spacial score (nSPS) is 16.6. The molecule has 0 bridgehead atoms. The summed E-state index contributed by atoms with van der Waals surface area (Å²) in [6, 6.07) is 62.3. The molecule has 2 atom stereocenters. The third-order valence-electron chi connectivity index (χ3n) is 15.2. The van der Waals surface area contributed by atoms with Crippen LogP contribution in [0.4, 0.5) is 45.5 Å². The Morgan fingerprint density at radius 2 is 1.00 bits per heavy atom. The molecule has 2 heterocycles.